The zero-order chi connectivity index (χ0) is 18.8. The molecule has 0 aliphatic rings. The van der Waals surface area contributed by atoms with E-state index in [4.69, 9.17) is 9.47 Å². The van der Waals surface area contributed by atoms with Gasteiger partial charge in [-0.1, -0.05) is 48.5 Å². The summed E-state index contributed by atoms with van der Waals surface area (Å²) in [7, 11) is 0. The van der Waals surface area contributed by atoms with Gasteiger partial charge in [-0.25, -0.2) is 4.79 Å². The van der Waals surface area contributed by atoms with E-state index in [0.717, 1.165) is 11.3 Å². The average Bonchev–Trinajstić information content (AvgIpc) is 2.66. The fraction of sp³-hybridized carbons (Fsp3) is 0.300. The van der Waals surface area contributed by atoms with Gasteiger partial charge in [-0.15, -0.1) is 0 Å². The van der Waals surface area contributed by atoms with E-state index in [2.05, 4.69) is 0 Å². The minimum atomic E-state index is -1.05. The number of nitrogens with zero attached hydrogens (tertiary/aromatic N) is 1. The second-order valence-electron chi connectivity index (χ2n) is 5.74. The zero-order valence-electron chi connectivity index (χ0n) is 14.7. The second-order valence-corrected chi connectivity index (χ2v) is 5.74. The lowest BCUT2D eigenvalue weighted by Gasteiger charge is -2.26. The van der Waals surface area contributed by atoms with Gasteiger partial charge in [-0.05, 0) is 24.6 Å². The summed E-state index contributed by atoms with van der Waals surface area (Å²) in [5.41, 5.74) is 0.862. The first kappa shape index (κ1) is 19.5. The van der Waals surface area contributed by atoms with Crippen molar-refractivity contribution < 1.29 is 24.2 Å². The van der Waals surface area contributed by atoms with Crippen LogP contribution >= 0.6 is 0 Å². The van der Waals surface area contributed by atoms with E-state index < -0.39 is 12.0 Å². The molecule has 2 rings (SSSR count). The first-order valence-electron chi connectivity index (χ1n) is 8.39. The summed E-state index contributed by atoms with van der Waals surface area (Å²) < 4.78 is 10.8. The third kappa shape index (κ3) is 6.22. The van der Waals surface area contributed by atoms with Crippen molar-refractivity contribution in [2.45, 2.75) is 19.5 Å². The van der Waals surface area contributed by atoms with Crippen molar-refractivity contribution >= 4 is 11.9 Å². The Balaban J connectivity index is 1.82. The maximum absolute atomic E-state index is 12.4. The number of para-hydroxylation sites is 1. The van der Waals surface area contributed by atoms with Crippen molar-refractivity contribution in [3.05, 3.63) is 66.2 Å². The number of carbonyl (C=O) groups is 2. The fourth-order valence-electron chi connectivity index (χ4n) is 2.33. The molecule has 0 aliphatic heterocycles. The standard InChI is InChI=1S/C20H23NO5/c1-16(20(23)24)21(14-17-8-4-2-5-9-17)19(22)15-25-12-13-26-18-10-6-3-7-11-18/h2-11,16H,12-15H2,1H3,(H,23,24). The number of carbonyl (C=O) groups excluding carboxylic acids is 1. The van der Waals surface area contributed by atoms with Crippen LogP contribution in [0.5, 0.6) is 5.75 Å². The van der Waals surface area contributed by atoms with Gasteiger partial charge < -0.3 is 19.5 Å². The lowest BCUT2D eigenvalue weighted by atomic mass is 10.2. The van der Waals surface area contributed by atoms with E-state index in [-0.39, 0.29) is 25.7 Å². The Hall–Kier alpha value is -2.86. The number of ether oxygens (including phenoxy) is 2. The largest absolute Gasteiger partial charge is 0.491 e. The molecule has 1 atom stereocenters. The van der Waals surface area contributed by atoms with Gasteiger partial charge in [0.05, 0.1) is 6.61 Å². The van der Waals surface area contributed by atoms with Crippen LogP contribution in [0.2, 0.25) is 0 Å². The Bertz CT molecular complexity index is 690. The molecule has 0 saturated heterocycles. The highest BCUT2D eigenvalue weighted by Gasteiger charge is 2.25. The van der Waals surface area contributed by atoms with Gasteiger partial charge in [-0.2, -0.15) is 0 Å². The Kier molecular flexibility index (Phi) is 7.64. The summed E-state index contributed by atoms with van der Waals surface area (Å²) in [6.07, 6.45) is 0. The van der Waals surface area contributed by atoms with E-state index in [9.17, 15) is 14.7 Å². The van der Waals surface area contributed by atoms with Gasteiger partial charge in [-0.3, -0.25) is 4.79 Å². The molecule has 1 amide bonds. The van der Waals surface area contributed by atoms with Crippen LogP contribution in [0.1, 0.15) is 12.5 Å². The van der Waals surface area contributed by atoms with Crippen molar-refractivity contribution in [1.29, 1.82) is 0 Å². The van der Waals surface area contributed by atoms with Gasteiger partial charge in [0.2, 0.25) is 5.91 Å². The lowest BCUT2D eigenvalue weighted by Crippen LogP contribution is -2.44. The molecule has 0 spiro atoms. The van der Waals surface area contributed by atoms with Crippen LogP contribution in [-0.2, 0) is 20.9 Å². The molecule has 0 bridgehead atoms. The van der Waals surface area contributed by atoms with Crippen molar-refractivity contribution in [3.8, 4) is 5.75 Å². The van der Waals surface area contributed by atoms with Gasteiger partial charge in [0, 0.05) is 6.54 Å². The first-order chi connectivity index (χ1) is 12.6. The summed E-state index contributed by atoms with van der Waals surface area (Å²) in [5.74, 6) is -0.696. The maximum Gasteiger partial charge on any atom is 0.326 e. The number of hydrogen-bond donors (Lipinski definition) is 1. The number of carboxylic acid groups (broad SMARTS) is 1. The van der Waals surface area contributed by atoms with Gasteiger partial charge in [0.25, 0.3) is 0 Å². The summed E-state index contributed by atoms with van der Waals surface area (Å²) in [5, 5.41) is 9.26. The molecule has 0 radical (unpaired) electrons. The van der Waals surface area contributed by atoms with Crippen LogP contribution in [0.25, 0.3) is 0 Å². The molecule has 0 aromatic heterocycles. The summed E-state index contributed by atoms with van der Waals surface area (Å²) >= 11 is 0. The van der Waals surface area contributed by atoms with E-state index in [1.807, 2.05) is 60.7 Å². The van der Waals surface area contributed by atoms with Crippen molar-refractivity contribution in [3.63, 3.8) is 0 Å². The minimum Gasteiger partial charge on any atom is -0.491 e. The van der Waals surface area contributed by atoms with Crippen LogP contribution in [0, 0.1) is 0 Å². The monoisotopic (exact) mass is 357 g/mol. The molecule has 2 aromatic carbocycles. The minimum absolute atomic E-state index is 0.192. The van der Waals surface area contributed by atoms with Crippen LogP contribution in [0.3, 0.4) is 0 Å². The lowest BCUT2D eigenvalue weighted by molar-refractivity contribution is -0.152. The Labute approximate surface area is 153 Å². The molecular formula is C20H23NO5. The summed E-state index contributed by atoms with van der Waals surface area (Å²) in [4.78, 5) is 25.0. The van der Waals surface area contributed by atoms with Gasteiger partial charge >= 0.3 is 5.97 Å². The Morgan fingerprint density at radius 3 is 2.23 bits per heavy atom. The summed E-state index contributed by atoms with van der Waals surface area (Å²) in [6, 6.07) is 17.6. The van der Waals surface area contributed by atoms with Crippen LogP contribution < -0.4 is 4.74 Å². The van der Waals surface area contributed by atoms with Gasteiger partial charge in [0.1, 0.15) is 25.0 Å². The van der Waals surface area contributed by atoms with Crippen molar-refractivity contribution in [2.24, 2.45) is 0 Å². The number of rotatable bonds is 10. The highest BCUT2D eigenvalue weighted by Crippen LogP contribution is 2.10. The first-order valence-corrected chi connectivity index (χ1v) is 8.39. The van der Waals surface area contributed by atoms with E-state index in [1.54, 1.807) is 0 Å². The summed E-state index contributed by atoms with van der Waals surface area (Å²) in [6.45, 7) is 2.06. The van der Waals surface area contributed by atoms with Crippen LogP contribution in [0.4, 0.5) is 0 Å². The zero-order valence-corrected chi connectivity index (χ0v) is 14.7. The molecule has 1 unspecified atom stereocenters. The number of carboxylic acids is 1. The SMILES string of the molecule is CC(C(=O)O)N(Cc1ccccc1)C(=O)COCCOc1ccccc1. The highest BCUT2D eigenvalue weighted by atomic mass is 16.5. The molecule has 6 nitrogen and oxygen atoms in total. The third-order valence-electron chi connectivity index (χ3n) is 3.81. The molecule has 1 N–H and O–H groups in total. The van der Waals surface area contributed by atoms with E-state index in [0.29, 0.717) is 6.61 Å². The molecule has 0 fully saturated rings. The molecule has 0 aliphatic carbocycles. The van der Waals surface area contributed by atoms with E-state index >= 15 is 0 Å². The number of amides is 1. The maximum atomic E-state index is 12.4. The topological polar surface area (TPSA) is 76.1 Å². The number of hydrogen-bond acceptors (Lipinski definition) is 4. The molecule has 2 aromatic rings. The quantitative estimate of drug-likeness (QED) is 0.662. The van der Waals surface area contributed by atoms with Crippen LogP contribution in [-0.4, -0.2) is 47.7 Å². The highest BCUT2D eigenvalue weighted by molar-refractivity contribution is 5.84. The molecular weight excluding hydrogens is 334 g/mol. The van der Waals surface area contributed by atoms with Crippen molar-refractivity contribution in [2.75, 3.05) is 19.8 Å². The predicted molar refractivity (Wildman–Crippen MR) is 96.8 cm³/mol. The molecule has 26 heavy (non-hydrogen) atoms. The molecule has 0 heterocycles. The third-order valence-corrected chi connectivity index (χ3v) is 3.81. The average molecular weight is 357 g/mol. The van der Waals surface area contributed by atoms with Crippen molar-refractivity contribution in [1.82, 2.24) is 4.90 Å². The molecule has 0 saturated carbocycles. The predicted octanol–water partition coefficient (Wildman–Crippen LogP) is 2.58. The van der Waals surface area contributed by atoms with Crippen LogP contribution in [0.15, 0.2) is 60.7 Å². The molecule has 138 valence electrons. The second kappa shape index (κ2) is 10.2. The molecule has 6 heteroatoms. The normalized spacial score (nSPS) is 11.6. The fourth-order valence-corrected chi connectivity index (χ4v) is 2.33. The number of aliphatic carboxylic acids is 1. The van der Waals surface area contributed by atoms with E-state index in [1.165, 1.54) is 11.8 Å². The van der Waals surface area contributed by atoms with Gasteiger partial charge in [0.15, 0.2) is 0 Å². The number of benzene rings is 2. The Morgan fingerprint density at radius 2 is 1.62 bits per heavy atom. The smallest absolute Gasteiger partial charge is 0.326 e. The Morgan fingerprint density at radius 1 is 1.00 bits per heavy atom.